The molecule has 4 heteroatoms. The van der Waals surface area contributed by atoms with Crippen LogP contribution in [-0.4, -0.2) is 20.8 Å². The van der Waals surface area contributed by atoms with Crippen LogP contribution in [0.4, 0.5) is 0 Å². The fourth-order valence-corrected chi connectivity index (χ4v) is 4.31. The average molecular weight is 425 g/mol. The second-order valence-corrected chi connectivity index (χ2v) is 10.6. The number of hydrogen-bond donors (Lipinski definition) is 0. The summed E-state index contributed by atoms with van der Waals surface area (Å²) < 4.78 is 28.9. The highest BCUT2D eigenvalue weighted by molar-refractivity contribution is 7.90. The molecule has 0 saturated carbocycles. The SMILES string of the molecule is CCCCCCCCCCCCCCCCC(C)Oc1ccc(S(C)(=O)=O)cc1. The fourth-order valence-electron chi connectivity index (χ4n) is 3.68. The van der Waals surface area contributed by atoms with Gasteiger partial charge >= 0.3 is 0 Å². The third-order valence-electron chi connectivity index (χ3n) is 5.55. The Morgan fingerprint density at radius 2 is 1.14 bits per heavy atom. The molecule has 29 heavy (non-hydrogen) atoms. The molecule has 0 bridgehead atoms. The van der Waals surface area contributed by atoms with E-state index in [0.717, 1.165) is 12.2 Å². The van der Waals surface area contributed by atoms with Gasteiger partial charge in [-0.05, 0) is 44.0 Å². The van der Waals surface area contributed by atoms with E-state index in [2.05, 4.69) is 13.8 Å². The van der Waals surface area contributed by atoms with E-state index in [-0.39, 0.29) is 6.10 Å². The second-order valence-electron chi connectivity index (χ2n) is 8.56. The zero-order valence-electron chi connectivity index (χ0n) is 19.1. The van der Waals surface area contributed by atoms with Crippen molar-refractivity contribution < 1.29 is 13.2 Å². The van der Waals surface area contributed by atoms with Crippen LogP contribution in [0.2, 0.25) is 0 Å². The lowest BCUT2D eigenvalue weighted by atomic mass is 10.0. The summed E-state index contributed by atoms with van der Waals surface area (Å²) in [7, 11) is -3.14. The minimum Gasteiger partial charge on any atom is -0.491 e. The highest BCUT2D eigenvalue weighted by Crippen LogP contribution is 2.19. The number of unbranched alkanes of at least 4 members (excludes halogenated alkanes) is 13. The first-order valence-electron chi connectivity index (χ1n) is 11.9. The molecule has 1 unspecified atom stereocenters. The number of ether oxygens (including phenoxy) is 1. The number of benzene rings is 1. The van der Waals surface area contributed by atoms with Crippen molar-refractivity contribution in [2.45, 2.75) is 121 Å². The van der Waals surface area contributed by atoms with Gasteiger partial charge in [0, 0.05) is 6.26 Å². The summed E-state index contributed by atoms with van der Waals surface area (Å²) in [6, 6.07) is 6.73. The van der Waals surface area contributed by atoms with Crippen LogP contribution in [0, 0.1) is 0 Å². The van der Waals surface area contributed by atoms with E-state index >= 15 is 0 Å². The molecule has 1 atom stereocenters. The van der Waals surface area contributed by atoms with Crippen molar-refractivity contribution in [3.05, 3.63) is 24.3 Å². The van der Waals surface area contributed by atoms with Gasteiger partial charge in [-0.2, -0.15) is 0 Å². The summed E-state index contributed by atoms with van der Waals surface area (Å²) in [4.78, 5) is 0.337. The maximum atomic E-state index is 11.5. The van der Waals surface area contributed by atoms with Gasteiger partial charge in [-0.1, -0.05) is 90.4 Å². The van der Waals surface area contributed by atoms with Crippen molar-refractivity contribution in [2.75, 3.05) is 6.26 Å². The van der Waals surface area contributed by atoms with Crippen LogP contribution in [-0.2, 0) is 9.84 Å². The molecule has 1 aromatic rings. The topological polar surface area (TPSA) is 43.4 Å². The van der Waals surface area contributed by atoms with Crippen molar-refractivity contribution in [3.63, 3.8) is 0 Å². The van der Waals surface area contributed by atoms with Gasteiger partial charge in [0.25, 0.3) is 0 Å². The van der Waals surface area contributed by atoms with E-state index in [1.54, 1.807) is 24.3 Å². The number of hydrogen-bond acceptors (Lipinski definition) is 3. The lowest BCUT2D eigenvalue weighted by Crippen LogP contribution is -2.11. The summed E-state index contributed by atoms with van der Waals surface area (Å²) in [5.74, 6) is 0.746. The van der Waals surface area contributed by atoms with Crippen LogP contribution in [0.5, 0.6) is 5.75 Å². The summed E-state index contributed by atoms with van der Waals surface area (Å²) in [5.41, 5.74) is 0. The largest absolute Gasteiger partial charge is 0.491 e. The van der Waals surface area contributed by atoms with Crippen molar-refractivity contribution in [3.8, 4) is 5.75 Å². The Hall–Kier alpha value is -1.03. The molecule has 0 spiro atoms. The van der Waals surface area contributed by atoms with Crippen LogP contribution in [0.3, 0.4) is 0 Å². The average Bonchev–Trinajstić information content (AvgIpc) is 2.68. The van der Waals surface area contributed by atoms with Gasteiger partial charge in [0.15, 0.2) is 9.84 Å². The molecule has 0 aliphatic carbocycles. The molecule has 0 N–H and O–H groups in total. The normalized spacial score (nSPS) is 12.8. The smallest absolute Gasteiger partial charge is 0.175 e. The second kappa shape index (κ2) is 15.8. The predicted molar refractivity (Wildman–Crippen MR) is 125 cm³/mol. The summed E-state index contributed by atoms with van der Waals surface area (Å²) in [5, 5.41) is 0. The Bertz CT molecular complexity index is 607. The van der Waals surface area contributed by atoms with E-state index in [0.29, 0.717) is 4.90 Å². The molecule has 1 rings (SSSR count). The predicted octanol–water partition coefficient (Wildman–Crippen LogP) is 7.73. The monoisotopic (exact) mass is 424 g/mol. The van der Waals surface area contributed by atoms with Crippen LogP contribution in [0.15, 0.2) is 29.2 Å². The molecule has 0 saturated heterocycles. The maximum absolute atomic E-state index is 11.5. The fraction of sp³-hybridized carbons (Fsp3) is 0.760. The van der Waals surface area contributed by atoms with Crippen molar-refractivity contribution >= 4 is 9.84 Å². The van der Waals surface area contributed by atoms with Gasteiger partial charge < -0.3 is 4.74 Å². The van der Waals surface area contributed by atoms with Crippen molar-refractivity contribution in [1.29, 1.82) is 0 Å². The molecule has 0 amide bonds. The zero-order valence-corrected chi connectivity index (χ0v) is 19.9. The Morgan fingerprint density at radius 3 is 1.55 bits per heavy atom. The molecule has 0 aliphatic rings. The zero-order chi connectivity index (χ0) is 21.4. The minimum absolute atomic E-state index is 0.163. The van der Waals surface area contributed by atoms with Crippen molar-refractivity contribution in [1.82, 2.24) is 0 Å². The molecule has 0 radical (unpaired) electrons. The highest BCUT2D eigenvalue weighted by Gasteiger charge is 2.08. The Morgan fingerprint density at radius 1 is 0.724 bits per heavy atom. The maximum Gasteiger partial charge on any atom is 0.175 e. The number of sulfone groups is 1. The van der Waals surface area contributed by atoms with Crippen LogP contribution >= 0.6 is 0 Å². The Kier molecular flexibility index (Phi) is 14.1. The third kappa shape index (κ3) is 13.8. The first-order chi connectivity index (χ1) is 13.9. The van der Waals surface area contributed by atoms with Gasteiger partial charge in [-0.25, -0.2) is 8.42 Å². The third-order valence-corrected chi connectivity index (χ3v) is 6.68. The lowest BCUT2D eigenvalue weighted by molar-refractivity contribution is 0.206. The van der Waals surface area contributed by atoms with E-state index < -0.39 is 9.84 Å². The van der Waals surface area contributed by atoms with Crippen molar-refractivity contribution in [2.24, 2.45) is 0 Å². The summed E-state index contributed by atoms with van der Waals surface area (Å²) in [6.45, 7) is 4.37. The van der Waals surface area contributed by atoms with Gasteiger partial charge in [0.05, 0.1) is 11.0 Å². The Balaban J connectivity index is 1.94. The summed E-state index contributed by atoms with van der Waals surface area (Å²) in [6.07, 6.45) is 21.7. The number of rotatable bonds is 18. The van der Waals surface area contributed by atoms with Gasteiger partial charge in [-0.15, -0.1) is 0 Å². The van der Waals surface area contributed by atoms with E-state index in [9.17, 15) is 8.42 Å². The molecule has 0 heterocycles. The molecular formula is C25H44O3S. The van der Waals surface area contributed by atoms with Gasteiger partial charge in [-0.3, -0.25) is 0 Å². The Labute approximate surface area is 180 Å². The molecule has 168 valence electrons. The molecule has 1 aromatic carbocycles. The summed E-state index contributed by atoms with van der Waals surface area (Å²) >= 11 is 0. The highest BCUT2D eigenvalue weighted by atomic mass is 32.2. The minimum atomic E-state index is -3.14. The van der Waals surface area contributed by atoms with E-state index in [4.69, 9.17) is 4.74 Å². The van der Waals surface area contributed by atoms with Crippen LogP contribution < -0.4 is 4.74 Å². The van der Waals surface area contributed by atoms with Crippen LogP contribution in [0.25, 0.3) is 0 Å². The first kappa shape index (κ1) is 26.0. The molecule has 3 nitrogen and oxygen atoms in total. The molecule has 0 fully saturated rings. The van der Waals surface area contributed by atoms with Crippen LogP contribution in [0.1, 0.15) is 110 Å². The van der Waals surface area contributed by atoms with E-state index in [1.807, 2.05) is 0 Å². The van der Waals surface area contributed by atoms with Gasteiger partial charge in [0.1, 0.15) is 5.75 Å². The quantitative estimate of drug-likeness (QED) is 0.226. The molecule has 0 aromatic heterocycles. The lowest BCUT2D eigenvalue weighted by Gasteiger charge is -2.14. The standard InChI is InChI=1S/C25H44O3S/c1-4-5-6-7-8-9-10-11-12-13-14-15-16-17-18-23(2)28-24-19-21-25(22-20-24)29(3,26)27/h19-23H,4-18H2,1-3H3. The molecule has 0 aliphatic heterocycles. The first-order valence-corrected chi connectivity index (χ1v) is 13.8. The molecular weight excluding hydrogens is 380 g/mol. The van der Waals surface area contributed by atoms with E-state index in [1.165, 1.54) is 96.1 Å². The van der Waals surface area contributed by atoms with Gasteiger partial charge in [0.2, 0.25) is 0 Å².